The summed E-state index contributed by atoms with van der Waals surface area (Å²) in [6.07, 6.45) is 0. The Morgan fingerprint density at radius 2 is 1.57 bits per heavy atom. The summed E-state index contributed by atoms with van der Waals surface area (Å²) in [5, 5.41) is 3.24. The largest absolute Gasteiger partial charge is 0.497 e. The van der Waals surface area contributed by atoms with Crippen LogP contribution in [-0.4, -0.2) is 21.3 Å². The first kappa shape index (κ1) is 15.3. The van der Waals surface area contributed by atoms with Crippen molar-refractivity contribution in [2.45, 2.75) is 0 Å². The van der Waals surface area contributed by atoms with Crippen molar-refractivity contribution in [3.05, 3.63) is 34.8 Å². The Bertz CT molecular complexity index is 647. The molecule has 2 aromatic rings. The molecule has 3 N–H and O–H groups in total. The van der Waals surface area contributed by atoms with Crippen LogP contribution in [0.2, 0.25) is 0 Å². The second-order valence-electron chi connectivity index (χ2n) is 4.30. The summed E-state index contributed by atoms with van der Waals surface area (Å²) < 4.78 is 16.6. The molecule has 0 atom stereocenters. The third-order valence-corrected chi connectivity index (χ3v) is 3.40. The van der Waals surface area contributed by atoms with Crippen molar-refractivity contribution >= 4 is 33.0 Å². The average molecular weight is 353 g/mol. The zero-order chi connectivity index (χ0) is 15.4. The van der Waals surface area contributed by atoms with Gasteiger partial charge in [0.1, 0.15) is 5.75 Å². The maximum absolute atomic E-state index is 6.04. The van der Waals surface area contributed by atoms with E-state index in [0.717, 1.165) is 21.6 Å². The van der Waals surface area contributed by atoms with Crippen LogP contribution in [-0.2, 0) is 0 Å². The number of halogens is 1. The summed E-state index contributed by atoms with van der Waals surface area (Å²) in [7, 11) is 4.78. The molecule has 0 fully saturated rings. The molecule has 0 aromatic heterocycles. The number of rotatable bonds is 5. The Hall–Kier alpha value is -2.08. The second kappa shape index (κ2) is 6.58. The first-order valence-corrected chi connectivity index (χ1v) is 6.99. The van der Waals surface area contributed by atoms with Gasteiger partial charge in [-0.2, -0.15) is 0 Å². The number of nitrogens with two attached hydrogens (primary N) is 1. The monoisotopic (exact) mass is 352 g/mol. The van der Waals surface area contributed by atoms with E-state index >= 15 is 0 Å². The minimum atomic E-state index is 0.562. The number of anilines is 3. The van der Waals surface area contributed by atoms with E-state index in [0.29, 0.717) is 17.2 Å². The van der Waals surface area contributed by atoms with Gasteiger partial charge in [-0.05, 0) is 12.1 Å². The van der Waals surface area contributed by atoms with E-state index in [4.69, 9.17) is 19.9 Å². The lowest BCUT2D eigenvalue weighted by Crippen LogP contribution is -1.99. The summed E-state index contributed by atoms with van der Waals surface area (Å²) in [6, 6.07) is 9.20. The summed E-state index contributed by atoms with van der Waals surface area (Å²) in [5.74, 6) is 1.94. The molecule has 0 saturated heterocycles. The van der Waals surface area contributed by atoms with Crippen molar-refractivity contribution in [3.63, 3.8) is 0 Å². The van der Waals surface area contributed by atoms with Gasteiger partial charge in [-0.3, -0.25) is 0 Å². The van der Waals surface area contributed by atoms with Crippen molar-refractivity contribution < 1.29 is 14.2 Å². The lowest BCUT2D eigenvalue weighted by atomic mass is 10.2. The smallest absolute Gasteiger partial charge is 0.162 e. The zero-order valence-corrected chi connectivity index (χ0v) is 13.7. The average Bonchev–Trinajstić information content (AvgIpc) is 2.48. The third kappa shape index (κ3) is 3.52. The molecule has 0 unspecified atom stereocenters. The minimum Gasteiger partial charge on any atom is -0.497 e. The van der Waals surface area contributed by atoms with Crippen LogP contribution in [0.5, 0.6) is 17.2 Å². The first-order chi connectivity index (χ1) is 10.1. The maximum atomic E-state index is 6.04. The lowest BCUT2D eigenvalue weighted by Gasteiger charge is -2.15. The molecule has 2 rings (SSSR count). The Labute approximate surface area is 132 Å². The van der Waals surface area contributed by atoms with E-state index in [2.05, 4.69) is 21.2 Å². The Morgan fingerprint density at radius 1 is 0.905 bits per heavy atom. The van der Waals surface area contributed by atoms with Crippen LogP contribution in [0, 0.1) is 0 Å². The molecule has 0 spiro atoms. The Balaban J connectivity index is 2.37. The summed E-state index contributed by atoms with van der Waals surface area (Å²) >= 11 is 3.44. The van der Waals surface area contributed by atoms with Gasteiger partial charge in [-0.1, -0.05) is 15.9 Å². The molecule has 0 amide bonds. The van der Waals surface area contributed by atoms with Gasteiger partial charge in [0, 0.05) is 28.4 Å². The number of nitrogen functional groups attached to an aromatic ring is 1. The molecule has 0 saturated carbocycles. The molecular formula is C15H17BrN2O3. The predicted molar refractivity (Wildman–Crippen MR) is 87.9 cm³/mol. The highest BCUT2D eigenvalue weighted by atomic mass is 79.9. The topological polar surface area (TPSA) is 65.7 Å². The van der Waals surface area contributed by atoms with Gasteiger partial charge in [0.2, 0.25) is 0 Å². The van der Waals surface area contributed by atoms with Gasteiger partial charge in [0.15, 0.2) is 11.5 Å². The van der Waals surface area contributed by atoms with Crippen molar-refractivity contribution in [1.82, 2.24) is 0 Å². The molecular weight excluding hydrogens is 336 g/mol. The van der Waals surface area contributed by atoms with Crippen LogP contribution in [0.4, 0.5) is 17.1 Å². The first-order valence-electron chi connectivity index (χ1n) is 6.20. The van der Waals surface area contributed by atoms with Gasteiger partial charge in [-0.25, -0.2) is 0 Å². The Kier molecular flexibility index (Phi) is 4.80. The molecule has 0 aliphatic heterocycles. The number of methoxy groups -OCH3 is 3. The molecule has 0 aliphatic carbocycles. The van der Waals surface area contributed by atoms with E-state index in [1.54, 1.807) is 33.5 Å². The van der Waals surface area contributed by atoms with Crippen LogP contribution in [0.1, 0.15) is 0 Å². The number of ether oxygens (including phenoxy) is 3. The van der Waals surface area contributed by atoms with Crippen molar-refractivity contribution in [1.29, 1.82) is 0 Å². The van der Waals surface area contributed by atoms with E-state index < -0.39 is 0 Å². The van der Waals surface area contributed by atoms with Gasteiger partial charge in [-0.15, -0.1) is 0 Å². The highest BCUT2D eigenvalue weighted by Gasteiger charge is 2.10. The van der Waals surface area contributed by atoms with Gasteiger partial charge < -0.3 is 25.3 Å². The van der Waals surface area contributed by atoms with E-state index in [1.807, 2.05) is 18.2 Å². The summed E-state index contributed by atoms with van der Waals surface area (Å²) in [4.78, 5) is 0. The van der Waals surface area contributed by atoms with E-state index in [-0.39, 0.29) is 0 Å². The molecule has 112 valence electrons. The number of benzene rings is 2. The van der Waals surface area contributed by atoms with Crippen LogP contribution in [0.15, 0.2) is 34.8 Å². The Morgan fingerprint density at radius 3 is 2.19 bits per heavy atom. The van der Waals surface area contributed by atoms with Gasteiger partial charge in [0.25, 0.3) is 0 Å². The number of nitrogens with one attached hydrogen (secondary N) is 1. The van der Waals surface area contributed by atoms with Crippen LogP contribution >= 0.6 is 15.9 Å². The number of hydrogen-bond donors (Lipinski definition) is 2. The maximum Gasteiger partial charge on any atom is 0.162 e. The van der Waals surface area contributed by atoms with Crippen molar-refractivity contribution in [2.75, 3.05) is 32.4 Å². The fourth-order valence-electron chi connectivity index (χ4n) is 1.91. The minimum absolute atomic E-state index is 0.562. The third-order valence-electron chi connectivity index (χ3n) is 2.94. The molecule has 0 bridgehead atoms. The van der Waals surface area contributed by atoms with E-state index in [1.165, 1.54) is 0 Å². The molecule has 5 nitrogen and oxygen atoms in total. The predicted octanol–water partition coefficient (Wildman–Crippen LogP) is 3.80. The number of hydrogen-bond acceptors (Lipinski definition) is 5. The molecule has 0 heterocycles. The van der Waals surface area contributed by atoms with Crippen LogP contribution in [0.3, 0.4) is 0 Å². The second-order valence-corrected chi connectivity index (χ2v) is 5.21. The molecule has 0 radical (unpaired) electrons. The van der Waals surface area contributed by atoms with Gasteiger partial charge >= 0.3 is 0 Å². The SMILES string of the molecule is COc1cc(Br)cc(Nc2cc(OC)c(OC)cc2N)c1. The quantitative estimate of drug-likeness (QED) is 0.801. The molecule has 0 aliphatic rings. The lowest BCUT2D eigenvalue weighted by molar-refractivity contribution is 0.355. The van der Waals surface area contributed by atoms with Gasteiger partial charge in [0.05, 0.1) is 32.7 Å². The normalized spacial score (nSPS) is 10.1. The fourth-order valence-corrected chi connectivity index (χ4v) is 2.38. The van der Waals surface area contributed by atoms with E-state index in [9.17, 15) is 0 Å². The zero-order valence-electron chi connectivity index (χ0n) is 12.1. The van der Waals surface area contributed by atoms with Crippen LogP contribution in [0.25, 0.3) is 0 Å². The molecule has 21 heavy (non-hydrogen) atoms. The highest BCUT2D eigenvalue weighted by Crippen LogP contribution is 2.37. The van der Waals surface area contributed by atoms with Crippen LogP contribution < -0.4 is 25.3 Å². The fraction of sp³-hybridized carbons (Fsp3) is 0.200. The highest BCUT2D eigenvalue weighted by molar-refractivity contribution is 9.10. The van der Waals surface area contributed by atoms with Crippen molar-refractivity contribution in [2.24, 2.45) is 0 Å². The summed E-state index contributed by atoms with van der Waals surface area (Å²) in [5.41, 5.74) is 8.17. The summed E-state index contributed by atoms with van der Waals surface area (Å²) in [6.45, 7) is 0. The van der Waals surface area contributed by atoms with Crippen molar-refractivity contribution in [3.8, 4) is 17.2 Å². The molecule has 6 heteroatoms. The molecule has 2 aromatic carbocycles. The standard InChI is InChI=1S/C15H17BrN2O3/c1-19-11-5-9(16)4-10(6-11)18-13-8-15(21-3)14(20-2)7-12(13)17/h4-8,18H,17H2,1-3H3.